The second kappa shape index (κ2) is 9.30. The molecular weight excluding hydrogens is 406 g/mol. The van der Waals surface area contributed by atoms with Crippen molar-refractivity contribution in [3.05, 3.63) is 88.0 Å². The molecule has 160 valence electrons. The maximum atomic E-state index is 13.4. The summed E-state index contributed by atoms with van der Waals surface area (Å²) in [6.07, 6.45) is 0. The molecule has 2 N–H and O–H groups in total. The number of benzene rings is 2. The number of allylic oxidation sites excluding steroid dienone is 2. The van der Waals surface area contributed by atoms with E-state index in [9.17, 15) is 18.8 Å². The van der Waals surface area contributed by atoms with Crippen molar-refractivity contribution >= 4 is 5.97 Å². The van der Waals surface area contributed by atoms with E-state index in [0.29, 0.717) is 11.1 Å². The number of nitriles is 1. The largest absolute Gasteiger partial charge is 0.489 e. The number of hydrogen-bond acceptors (Lipinski definition) is 6. The van der Waals surface area contributed by atoms with Gasteiger partial charge in [0.05, 0.1) is 18.1 Å². The van der Waals surface area contributed by atoms with Crippen LogP contribution in [0.4, 0.5) is 8.78 Å². The van der Waals surface area contributed by atoms with Crippen LogP contribution in [-0.2, 0) is 20.9 Å². The molecule has 8 heteroatoms. The summed E-state index contributed by atoms with van der Waals surface area (Å²) in [7, 11) is 0. The molecule has 0 saturated heterocycles. The van der Waals surface area contributed by atoms with Crippen LogP contribution < -0.4 is 10.5 Å². The summed E-state index contributed by atoms with van der Waals surface area (Å²) in [5.74, 6) is -3.01. The van der Waals surface area contributed by atoms with Crippen LogP contribution in [0.15, 0.2) is 65.3 Å². The summed E-state index contributed by atoms with van der Waals surface area (Å²) in [6, 6.07) is 12.3. The maximum absolute atomic E-state index is 13.4. The molecule has 1 unspecified atom stereocenters. The van der Waals surface area contributed by atoms with Crippen molar-refractivity contribution in [2.24, 2.45) is 5.73 Å². The average molecular weight is 426 g/mol. The molecule has 0 aliphatic carbocycles. The monoisotopic (exact) mass is 426 g/mol. The summed E-state index contributed by atoms with van der Waals surface area (Å²) >= 11 is 0. The van der Waals surface area contributed by atoms with Crippen LogP contribution in [-0.4, -0.2) is 12.6 Å². The van der Waals surface area contributed by atoms with E-state index in [1.54, 1.807) is 38.1 Å². The lowest BCUT2D eigenvalue weighted by atomic mass is 9.82. The first kappa shape index (κ1) is 21.8. The van der Waals surface area contributed by atoms with E-state index in [1.165, 1.54) is 6.07 Å². The zero-order valence-corrected chi connectivity index (χ0v) is 16.9. The van der Waals surface area contributed by atoms with Crippen molar-refractivity contribution in [3.8, 4) is 11.8 Å². The lowest BCUT2D eigenvalue weighted by Crippen LogP contribution is -2.25. The number of halogens is 2. The van der Waals surface area contributed by atoms with Gasteiger partial charge in [0.15, 0.2) is 11.6 Å². The lowest BCUT2D eigenvalue weighted by Gasteiger charge is -2.27. The van der Waals surface area contributed by atoms with E-state index >= 15 is 0 Å². The van der Waals surface area contributed by atoms with Crippen LogP contribution in [0.25, 0.3) is 0 Å². The Labute approximate surface area is 178 Å². The fraction of sp³-hybridized carbons (Fsp3) is 0.217. The smallest absolute Gasteiger partial charge is 0.338 e. The van der Waals surface area contributed by atoms with Crippen molar-refractivity contribution in [2.45, 2.75) is 26.4 Å². The van der Waals surface area contributed by atoms with Crippen molar-refractivity contribution in [1.82, 2.24) is 0 Å². The van der Waals surface area contributed by atoms with Gasteiger partial charge in [-0.05, 0) is 37.1 Å². The molecule has 0 bridgehead atoms. The number of carbonyl (C=O) groups excluding carboxylic acids is 1. The van der Waals surface area contributed by atoms with Gasteiger partial charge in [0, 0.05) is 6.07 Å². The third kappa shape index (κ3) is 4.67. The summed E-state index contributed by atoms with van der Waals surface area (Å²) < 4.78 is 42.6. The van der Waals surface area contributed by atoms with Crippen molar-refractivity contribution in [1.29, 1.82) is 5.26 Å². The first-order chi connectivity index (χ1) is 14.8. The van der Waals surface area contributed by atoms with Gasteiger partial charge in [-0.25, -0.2) is 13.6 Å². The van der Waals surface area contributed by atoms with E-state index in [0.717, 1.165) is 12.1 Å². The molecular formula is C23H20F2N2O4. The molecule has 0 radical (unpaired) electrons. The highest BCUT2D eigenvalue weighted by Gasteiger charge is 2.36. The number of nitrogens with zero attached hydrogens (tertiary/aromatic N) is 1. The number of esters is 1. The third-order valence-corrected chi connectivity index (χ3v) is 4.68. The normalized spacial score (nSPS) is 15.9. The number of ether oxygens (including phenoxy) is 3. The van der Waals surface area contributed by atoms with Crippen LogP contribution in [0.2, 0.25) is 0 Å². The Morgan fingerprint density at radius 1 is 1.23 bits per heavy atom. The highest BCUT2D eigenvalue weighted by molar-refractivity contribution is 5.92. The third-order valence-electron chi connectivity index (χ3n) is 4.68. The molecule has 0 amide bonds. The number of rotatable bonds is 6. The van der Waals surface area contributed by atoms with Crippen molar-refractivity contribution in [3.63, 3.8) is 0 Å². The molecule has 1 aliphatic heterocycles. The van der Waals surface area contributed by atoms with Gasteiger partial charge in [0.1, 0.15) is 29.8 Å². The first-order valence-electron chi connectivity index (χ1n) is 9.47. The Kier molecular flexibility index (Phi) is 6.55. The Morgan fingerprint density at radius 2 is 2.00 bits per heavy atom. The fourth-order valence-corrected chi connectivity index (χ4v) is 3.28. The molecule has 2 aromatic rings. The van der Waals surface area contributed by atoms with Crippen molar-refractivity contribution < 1.29 is 27.8 Å². The lowest BCUT2D eigenvalue weighted by molar-refractivity contribution is -0.139. The van der Waals surface area contributed by atoms with E-state index in [2.05, 4.69) is 0 Å². The van der Waals surface area contributed by atoms with Crippen LogP contribution in [0.1, 0.15) is 30.9 Å². The van der Waals surface area contributed by atoms with E-state index in [4.69, 9.17) is 19.9 Å². The number of hydrogen-bond donors (Lipinski definition) is 1. The topological polar surface area (TPSA) is 94.6 Å². The average Bonchev–Trinajstić information content (AvgIpc) is 2.74. The summed E-state index contributed by atoms with van der Waals surface area (Å²) in [5, 5.41) is 9.65. The van der Waals surface area contributed by atoms with Gasteiger partial charge in [0.25, 0.3) is 0 Å². The molecule has 31 heavy (non-hydrogen) atoms. The van der Waals surface area contributed by atoms with Crippen LogP contribution >= 0.6 is 0 Å². The molecule has 0 spiro atoms. The van der Waals surface area contributed by atoms with Crippen LogP contribution in [0, 0.1) is 23.0 Å². The summed E-state index contributed by atoms with van der Waals surface area (Å²) in [6.45, 7) is 3.47. The molecule has 1 heterocycles. The van der Waals surface area contributed by atoms with Gasteiger partial charge in [-0.3, -0.25) is 0 Å². The Bertz CT molecular complexity index is 1120. The second-order valence-corrected chi connectivity index (χ2v) is 6.72. The van der Waals surface area contributed by atoms with E-state index in [-0.39, 0.29) is 41.8 Å². The van der Waals surface area contributed by atoms with Gasteiger partial charge < -0.3 is 19.9 Å². The van der Waals surface area contributed by atoms with E-state index < -0.39 is 23.5 Å². The van der Waals surface area contributed by atoms with Gasteiger partial charge in [0.2, 0.25) is 5.88 Å². The summed E-state index contributed by atoms with van der Waals surface area (Å²) in [5.41, 5.74) is 7.47. The predicted octanol–water partition coefficient (Wildman–Crippen LogP) is 4.19. The SMILES string of the molecule is CCOC(=O)C1=C(C)OC(N)=C(C#N)C1c1cccc(COc2ccc(F)c(F)c2)c1. The zero-order chi connectivity index (χ0) is 22.5. The quantitative estimate of drug-likeness (QED) is 0.696. The Morgan fingerprint density at radius 3 is 2.68 bits per heavy atom. The van der Waals surface area contributed by atoms with Crippen molar-refractivity contribution in [2.75, 3.05) is 6.61 Å². The number of carbonyl (C=O) groups is 1. The highest BCUT2D eigenvalue weighted by Crippen LogP contribution is 2.39. The molecule has 0 aromatic heterocycles. The van der Waals surface area contributed by atoms with Crippen LogP contribution in [0.5, 0.6) is 5.75 Å². The molecule has 6 nitrogen and oxygen atoms in total. The maximum Gasteiger partial charge on any atom is 0.338 e. The minimum absolute atomic E-state index is 0.0562. The van der Waals surface area contributed by atoms with Gasteiger partial charge >= 0.3 is 5.97 Å². The molecule has 0 saturated carbocycles. The molecule has 1 atom stereocenters. The Balaban J connectivity index is 1.93. The van der Waals surface area contributed by atoms with E-state index in [1.807, 2.05) is 6.07 Å². The van der Waals surface area contributed by atoms with Gasteiger partial charge in [-0.2, -0.15) is 5.26 Å². The first-order valence-corrected chi connectivity index (χ1v) is 9.47. The second-order valence-electron chi connectivity index (χ2n) is 6.72. The fourth-order valence-electron chi connectivity index (χ4n) is 3.28. The summed E-state index contributed by atoms with van der Waals surface area (Å²) in [4.78, 5) is 12.6. The predicted molar refractivity (Wildman–Crippen MR) is 107 cm³/mol. The minimum atomic E-state index is -1.01. The van der Waals surface area contributed by atoms with Gasteiger partial charge in [-0.1, -0.05) is 24.3 Å². The highest BCUT2D eigenvalue weighted by atomic mass is 19.2. The van der Waals surface area contributed by atoms with Gasteiger partial charge in [-0.15, -0.1) is 0 Å². The molecule has 1 aliphatic rings. The zero-order valence-electron chi connectivity index (χ0n) is 16.9. The minimum Gasteiger partial charge on any atom is -0.489 e. The molecule has 3 rings (SSSR count). The molecule has 0 fully saturated rings. The Hall–Kier alpha value is -3.86. The number of nitrogens with two attached hydrogens (primary N) is 1. The standard InChI is InChI=1S/C23H20F2N2O4/c1-3-29-23(28)20-13(2)31-22(27)17(11-26)21(20)15-6-4-5-14(9-15)12-30-16-7-8-18(24)19(25)10-16/h4-10,21H,3,12,27H2,1-2H3. The molecule has 2 aromatic carbocycles. The van der Waals surface area contributed by atoms with Crippen LogP contribution in [0.3, 0.4) is 0 Å².